The molecule has 0 saturated carbocycles. The third-order valence-corrected chi connectivity index (χ3v) is 3.20. The van der Waals surface area contributed by atoms with Gasteiger partial charge in [-0.25, -0.2) is 14.8 Å². The van der Waals surface area contributed by atoms with Gasteiger partial charge in [-0.2, -0.15) is 0 Å². The summed E-state index contributed by atoms with van der Waals surface area (Å²) in [5.41, 5.74) is 2.03. The molecule has 1 aromatic carbocycles. The van der Waals surface area contributed by atoms with E-state index in [1.807, 2.05) is 19.1 Å². The second-order valence-electron chi connectivity index (χ2n) is 4.53. The van der Waals surface area contributed by atoms with Crippen LogP contribution in [-0.4, -0.2) is 22.5 Å². The van der Waals surface area contributed by atoms with Crippen molar-refractivity contribution in [3.05, 3.63) is 46.7 Å². The van der Waals surface area contributed by atoms with Gasteiger partial charge >= 0.3 is 5.97 Å². The van der Waals surface area contributed by atoms with Crippen LogP contribution in [0.25, 0.3) is 11.4 Å². The molecule has 21 heavy (non-hydrogen) atoms. The summed E-state index contributed by atoms with van der Waals surface area (Å²) in [6.07, 6.45) is 3.14. The first-order chi connectivity index (χ1) is 10.2. The van der Waals surface area contributed by atoms with Crippen LogP contribution in [0.4, 0.5) is 0 Å². The van der Waals surface area contributed by atoms with Crippen LogP contribution < -0.4 is 0 Å². The van der Waals surface area contributed by atoms with E-state index in [2.05, 4.69) is 9.97 Å². The third kappa shape index (κ3) is 3.79. The number of hydrogen-bond donors (Lipinski definition) is 0. The summed E-state index contributed by atoms with van der Waals surface area (Å²) in [4.78, 5) is 20.7. The Hall–Kier alpha value is -1.94. The van der Waals surface area contributed by atoms with Crippen LogP contribution in [0, 0.1) is 0 Å². The largest absolute Gasteiger partial charge is 0.462 e. The quantitative estimate of drug-likeness (QED) is 0.785. The van der Waals surface area contributed by atoms with Gasteiger partial charge in [0.1, 0.15) is 0 Å². The second-order valence-corrected chi connectivity index (χ2v) is 4.97. The molecule has 0 radical (unpaired) electrons. The number of carbonyl (C=O) groups is 1. The number of rotatable bonds is 5. The number of ether oxygens (including phenoxy) is 1. The van der Waals surface area contributed by atoms with E-state index >= 15 is 0 Å². The highest BCUT2D eigenvalue weighted by Gasteiger charge is 2.15. The molecule has 110 valence electrons. The normalized spacial score (nSPS) is 10.4. The molecular weight excluding hydrogens is 288 g/mol. The molecule has 0 fully saturated rings. The maximum atomic E-state index is 11.9. The highest BCUT2D eigenvalue weighted by atomic mass is 35.5. The molecule has 0 aliphatic rings. The van der Waals surface area contributed by atoms with E-state index in [1.165, 1.54) is 0 Å². The first kappa shape index (κ1) is 15.4. The van der Waals surface area contributed by atoms with Crippen molar-refractivity contribution in [2.45, 2.75) is 26.7 Å². The van der Waals surface area contributed by atoms with E-state index in [4.69, 9.17) is 16.3 Å². The minimum atomic E-state index is -0.372. The number of esters is 1. The van der Waals surface area contributed by atoms with Crippen LogP contribution in [-0.2, 0) is 11.2 Å². The number of nitrogens with zero attached hydrogens (tertiary/aromatic N) is 2. The van der Waals surface area contributed by atoms with Crippen molar-refractivity contribution in [2.75, 3.05) is 6.61 Å². The van der Waals surface area contributed by atoms with Gasteiger partial charge in [-0.1, -0.05) is 24.9 Å². The minimum absolute atomic E-state index is 0.337. The smallest absolute Gasteiger partial charge is 0.341 e. The third-order valence-electron chi connectivity index (χ3n) is 2.95. The minimum Gasteiger partial charge on any atom is -0.462 e. The van der Waals surface area contributed by atoms with Gasteiger partial charge in [0.15, 0.2) is 5.82 Å². The molecule has 2 rings (SSSR count). The number of hydrogen-bond acceptors (Lipinski definition) is 4. The second kappa shape index (κ2) is 7.18. The summed E-state index contributed by atoms with van der Waals surface area (Å²) in [5.74, 6) is 0.215. The first-order valence-electron chi connectivity index (χ1n) is 6.94. The SMILES string of the molecule is CCCc1nc(-c2ccc(Cl)cc2)ncc1C(=O)OCC. The molecule has 0 spiro atoms. The van der Waals surface area contributed by atoms with Crippen LogP contribution in [0.5, 0.6) is 0 Å². The molecule has 0 aliphatic carbocycles. The molecule has 1 heterocycles. The summed E-state index contributed by atoms with van der Waals surface area (Å²) in [6.45, 7) is 4.16. The topological polar surface area (TPSA) is 52.1 Å². The molecule has 0 aliphatic heterocycles. The van der Waals surface area contributed by atoms with Crippen molar-refractivity contribution in [3.8, 4) is 11.4 Å². The lowest BCUT2D eigenvalue weighted by atomic mass is 10.1. The number of benzene rings is 1. The number of aromatic nitrogens is 2. The fraction of sp³-hybridized carbons (Fsp3) is 0.312. The van der Waals surface area contributed by atoms with Crippen LogP contribution in [0.15, 0.2) is 30.5 Å². The average Bonchev–Trinajstić information content (AvgIpc) is 2.48. The van der Waals surface area contributed by atoms with E-state index in [-0.39, 0.29) is 5.97 Å². The lowest BCUT2D eigenvalue weighted by molar-refractivity contribution is 0.0524. The molecule has 1 aromatic heterocycles. The summed E-state index contributed by atoms with van der Waals surface area (Å²) >= 11 is 5.88. The van der Waals surface area contributed by atoms with Crippen molar-refractivity contribution in [1.82, 2.24) is 9.97 Å². The molecule has 0 bridgehead atoms. The standard InChI is InChI=1S/C16H17ClN2O2/c1-3-5-14-13(16(20)21-4-2)10-18-15(19-14)11-6-8-12(17)9-7-11/h6-10H,3-5H2,1-2H3. The Labute approximate surface area is 129 Å². The molecule has 0 amide bonds. The average molecular weight is 305 g/mol. The maximum Gasteiger partial charge on any atom is 0.341 e. The lowest BCUT2D eigenvalue weighted by Gasteiger charge is -2.09. The zero-order valence-corrected chi connectivity index (χ0v) is 12.9. The van der Waals surface area contributed by atoms with Crippen molar-refractivity contribution >= 4 is 17.6 Å². The summed E-state index contributed by atoms with van der Waals surface area (Å²) < 4.78 is 5.04. The Morgan fingerprint density at radius 1 is 1.24 bits per heavy atom. The van der Waals surface area contributed by atoms with Crippen molar-refractivity contribution in [3.63, 3.8) is 0 Å². The number of aryl methyl sites for hydroxylation is 1. The Kier molecular flexibility index (Phi) is 5.28. The van der Waals surface area contributed by atoms with E-state index in [0.29, 0.717) is 29.4 Å². The molecule has 5 heteroatoms. The van der Waals surface area contributed by atoms with Crippen LogP contribution in [0.2, 0.25) is 5.02 Å². The highest BCUT2D eigenvalue weighted by molar-refractivity contribution is 6.30. The monoisotopic (exact) mass is 304 g/mol. The summed E-state index contributed by atoms with van der Waals surface area (Å²) in [5, 5.41) is 0.663. The van der Waals surface area contributed by atoms with Gasteiger partial charge in [-0.3, -0.25) is 0 Å². The zero-order chi connectivity index (χ0) is 15.2. The van der Waals surface area contributed by atoms with Gasteiger partial charge < -0.3 is 4.74 Å². The van der Waals surface area contributed by atoms with Gasteiger partial charge in [0.25, 0.3) is 0 Å². The predicted molar refractivity (Wildman–Crippen MR) is 82.4 cm³/mol. The molecule has 4 nitrogen and oxygen atoms in total. The summed E-state index contributed by atoms with van der Waals surface area (Å²) in [6, 6.07) is 7.30. The molecule has 2 aromatic rings. The molecule has 0 unspecified atom stereocenters. The number of halogens is 1. The van der Waals surface area contributed by atoms with Gasteiger partial charge in [-0.15, -0.1) is 0 Å². The Morgan fingerprint density at radius 2 is 1.95 bits per heavy atom. The van der Waals surface area contributed by atoms with Crippen LogP contribution in [0.3, 0.4) is 0 Å². The van der Waals surface area contributed by atoms with E-state index in [1.54, 1.807) is 25.3 Å². The van der Waals surface area contributed by atoms with Crippen LogP contribution in [0.1, 0.15) is 36.3 Å². The summed E-state index contributed by atoms with van der Waals surface area (Å²) in [7, 11) is 0. The highest BCUT2D eigenvalue weighted by Crippen LogP contribution is 2.20. The van der Waals surface area contributed by atoms with E-state index < -0.39 is 0 Å². The fourth-order valence-corrected chi connectivity index (χ4v) is 2.09. The van der Waals surface area contributed by atoms with Crippen molar-refractivity contribution < 1.29 is 9.53 Å². The molecular formula is C16H17ClN2O2. The molecule has 0 N–H and O–H groups in total. The number of carbonyl (C=O) groups excluding carboxylic acids is 1. The molecule has 0 atom stereocenters. The Balaban J connectivity index is 2.39. The Morgan fingerprint density at radius 3 is 2.57 bits per heavy atom. The van der Waals surface area contributed by atoms with Gasteiger partial charge in [0.05, 0.1) is 17.9 Å². The van der Waals surface area contributed by atoms with Gasteiger partial charge in [0, 0.05) is 16.8 Å². The lowest BCUT2D eigenvalue weighted by Crippen LogP contribution is -2.11. The van der Waals surface area contributed by atoms with Crippen molar-refractivity contribution in [2.24, 2.45) is 0 Å². The molecule has 0 saturated heterocycles. The van der Waals surface area contributed by atoms with Crippen molar-refractivity contribution in [1.29, 1.82) is 0 Å². The van der Waals surface area contributed by atoms with Gasteiger partial charge in [-0.05, 0) is 37.6 Å². The zero-order valence-electron chi connectivity index (χ0n) is 12.1. The first-order valence-corrected chi connectivity index (χ1v) is 7.32. The van der Waals surface area contributed by atoms with Gasteiger partial charge in [0.2, 0.25) is 0 Å². The maximum absolute atomic E-state index is 11.9. The van der Waals surface area contributed by atoms with E-state index in [0.717, 1.165) is 17.7 Å². The predicted octanol–water partition coefficient (Wildman–Crippen LogP) is 3.93. The van der Waals surface area contributed by atoms with E-state index in [9.17, 15) is 4.79 Å². The Bertz CT molecular complexity index is 627. The van der Waals surface area contributed by atoms with Crippen LogP contribution >= 0.6 is 11.6 Å². The fourth-order valence-electron chi connectivity index (χ4n) is 1.96.